The van der Waals surface area contributed by atoms with E-state index < -0.39 is 4.92 Å². The first kappa shape index (κ1) is 14.5. The van der Waals surface area contributed by atoms with E-state index in [1.165, 1.54) is 12.1 Å². The number of hydrogen-bond acceptors (Lipinski definition) is 5. The van der Waals surface area contributed by atoms with Gasteiger partial charge < -0.3 is 9.47 Å². The van der Waals surface area contributed by atoms with Gasteiger partial charge in [0.05, 0.1) is 4.92 Å². The van der Waals surface area contributed by atoms with E-state index in [2.05, 4.69) is 4.98 Å². The molecule has 0 radical (unpaired) electrons. The van der Waals surface area contributed by atoms with Crippen LogP contribution in [-0.4, -0.2) is 9.91 Å². The number of nitrogens with zero attached hydrogens (tertiary/aromatic N) is 2. The molecule has 0 fully saturated rings. The Balaban J connectivity index is 1.66. The molecule has 23 heavy (non-hydrogen) atoms. The van der Waals surface area contributed by atoms with E-state index in [4.69, 9.17) is 9.47 Å². The molecule has 1 aromatic heterocycles. The third kappa shape index (κ3) is 3.82. The normalized spacial score (nSPS) is 10.1. The summed E-state index contributed by atoms with van der Waals surface area (Å²) in [5, 5.41) is 10.6. The highest BCUT2D eigenvalue weighted by molar-refractivity contribution is 5.37. The molecule has 6 nitrogen and oxygen atoms in total. The first-order chi connectivity index (χ1) is 11.2. The van der Waals surface area contributed by atoms with Crippen molar-refractivity contribution in [1.29, 1.82) is 0 Å². The molecule has 0 unspecified atom stereocenters. The number of para-hydroxylation sites is 1. The summed E-state index contributed by atoms with van der Waals surface area (Å²) >= 11 is 0. The molecule has 114 valence electrons. The van der Waals surface area contributed by atoms with E-state index in [0.29, 0.717) is 11.5 Å². The minimum atomic E-state index is -0.507. The zero-order valence-corrected chi connectivity index (χ0v) is 12.0. The average Bonchev–Trinajstić information content (AvgIpc) is 2.58. The number of rotatable bonds is 5. The molecular weight excluding hydrogens is 296 g/mol. The van der Waals surface area contributed by atoms with Crippen LogP contribution in [0.5, 0.6) is 23.1 Å². The van der Waals surface area contributed by atoms with Gasteiger partial charge in [0.2, 0.25) is 5.88 Å². The fourth-order valence-electron chi connectivity index (χ4n) is 1.86. The third-order valence-electron chi connectivity index (χ3n) is 2.96. The van der Waals surface area contributed by atoms with Crippen molar-refractivity contribution in [1.82, 2.24) is 4.98 Å². The van der Waals surface area contributed by atoms with Crippen molar-refractivity contribution in [2.24, 2.45) is 0 Å². The van der Waals surface area contributed by atoms with Gasteiger partial charge in [-0.05, 0) is 36.4 Å². The second-order valence-corrected chi connectivity index (χ2v) is 4.60. The molecule has 3 rings (SSSR count). The predicted molar refractivity (Wildman–Crippen MR) is 83.9 cm³/mol. The molecule has 2 aromatic carbocycles. The number of ether oxygens (including phenoxy) is 2. The van der Waals surface area contributed by atoms with Gasteiger partial charge in [-0.1, -0.05) is 18.2 Å². The number of aromatic nitrogens is 1. The Morgan fingerprint density at radius 2 is 1.39 bits per heavy atom. The summed E-state index contributed by atoms with van der Waals surface area (Å²) in [5.74, 6) is 2.28. The molecule has 0 amide bonds. The Morgan fingerprint density at radius 3 is 1.96 bits per heavy atom. The first-order valence-electron chi connectivity index (χ1n) is 6.82. The van der Waals surface area contributed by atoms with Crippen molar-refractivity contribution < 1.29 is 14.4 Å². The zero-order chi connectivity index (χ0) is 16.1. The van der Waals surface area contributed by atoms with Gasteiger partial charge in [0.25, 0.3) is 5.69 Å². The topological polar surface area (TPSA) is 74.5 Å². The monoisotopic (exact) mass is 308 g/mol. The molecule has 0 N–H and O–H groups in total. The Kier molecular flexibility index (Phi) is 4.15. The molecule has 0 aliphatic rings. The van der Waals surface area contributed by atoms with Crippen molar-refractivity contribution in [2.75, 3.05) is 0 Å². The van der Waals surface area contributed by atoms with Gasteiger partial charge in [-0.3, -0.25) is 10.1 Å². The summed E-state index contributed by atoms with van der Waals surface area (Å²) < 4.78 is 11.2. The quantitative estimate of drug-likeness (QED) is 0.509. The lowest BCUT2D eigenvalue weighted by Gasteiger charge is -2.07. The Morgan fingerprint density at radius 1 is 0.783 bits per heavy atom. The van der Waals surface area contributed by atoms with Gasteiger partial charge in [0.15, 0.2) is 0 Å². The van der Waals surface area contributed by atoms with Gasteiger partial charge in [-0.2, -0.15) is 0 Å². The first-order valence-corrected chi connectivity index (χ1v) is 6.82. The lowest BCUT2D eigenvalue weighted by molar-refractivity contribution is -0.385. The van der Waals surface area contributed by atoms with Crippen LogP contribution in [0.3, 0.4) is 0 Å². The fraction of sp³-hybridized carbons (Fsp3) is 0. The standard InChI is InChI=1S/C17H12N2O4/c20-19(21)13-6-11-17(18-12-13)23-16-9-7-15(8-10-16)22-14-4-2-1-3-5-14/h1-12H. The van der Waals surface area contributed by atoms with Gasteiger partial charge in [0.1, 0.15) is 23.4 Å². The SMILES string of the molecule is O=[N+]([O-])c1ccc(Oc2ccc(Oc3ccccc3)cc2)nc1. The van der Waals surface area contributed by atoms with E-state index in [-0.39, 0.29) is 11.6 Å². The Hall–Kier alpha value is -3.41. The minimum Gasteiger partial charge on any atom is -0.457 e. The maximum absolute atomic E-state index is 10.6. The number of nitro groups is 1. The minimum absolute atomic E-state index is 0.0797. The lowest BCUT2D eigenvalue weighted by Crippen LogP contribution is -1.91. The van der Waals surface area contributed by atoms with Gasteiger partial charge >= 0.3 is 0 Å². The van der Waals surface area contributed by atoms with Crippen LogP contribution >= 0.6 is 0 Å². The Labute approximate surface area is 132 Å². The third-order valence-corrected chi connectivity index (χ3v) is 2.96. The van der Waals surface area contributed by atoms with Gasteiger partial charge in [-0.15, -0.1) is 0 Å². The van der Waals surface area contributed by atoms with Gasteiger partial charge in [-0.25, -0.2) is 4.98 Å². The van der Waals surface area contributed by atoms with Crippen LogP contribution in [0.4, 0.5) is 5.69 Å². The van der Waals surface area contributed by atoms with Crippen LogP contribution in [0.25, 0.3) is 0 Å². The number of benzene rings is 2. The molecular formula is C17H12N2O4. The summed E-state index contributed by atoms with van der Waals surface area (Å²) in [6.07, 6.45) is 1.15. The van der Waals surface area contributed by atoms with Crippen LogP contribution in [0.2, 0.25) is 0 Å². The molecule has 0 saturated carbocycles. The second kappa shape index (κ2) is 6.57. The zero-order valence-electron chi connectivity index (χ0n) is 12.0. The summed E-state index contributed by atoms with van der Waals surface area (Å²) in [4.78, 5) is 14.0. The van der Waals surface area contributed by atoms with E-state index in [1.807, 2.05) is 30.3 Å². The highest BCUT2D eigenvalue weighted by Crippen LogP contribution is 2.26. The van der Waals surface area contributed by atoms with Crippen molar-refractivity contribution >= 4 is 5.69 Å². The van der Waals surface area contributed by atoms with Crippen molar-refractivity contribution in [3.63, 3.8) is 0 Å². The maximum atomic E-state index is 10.6. The molecule has 6 heteroatoms. The molecule has 0 spiro atoms. The largest absolute Gasteiger partial charge is 0.457 e. The van der Waals surface area contributed by atoms with Crippen LogP contribution in [0.1, 0.15) is 0 Å². The van der Waals surface area contributed by atoms with Crippen LogP contribution in [0.15, 0.2) is 72.9 Å². The van der Waals surface area contributed by atoms with E-state index in [0.717, 1.165) is 11.9 Å². The lowest BCUT2D eigenvalue weighted by atomic mass is 10.3. The fourth-order valence-corrected chi connectivity index (χ4v) is 1.86. The van der Waals surface area contributed by atoms with Crippen molar-refractivity contribution in [2.45, 2.75) is 0 Å². The molecule has 0 bridgehead atoms. The molecule has 3 aromatic rings. The molecule has 0 saturated heterocycles. The summed E-state index contributed by atoms with van der Waals surface area (Å²) in [5.41, 5.74) is -0.0797. The van der Waals surface area contributed by atoms with E-state index in [1.54, 1.807) is 24.3 Å². The number of hydrogen-bond donors (Lipinski definition) is 0. The van der Waals surface area contributed by atoms with Crippen molar-refractivity contribution in [3.05, 3.63) is 83.0 Å². The van der Waals surface area contributed by atoms with Crippen LogP contribution in [0, 0.1) is 10.1 Å². The Bertz CT molecular complexity index is 787. The molecule has 1 heterocycles. The van der Waals surface area contributed by atoms with E-state index >= 15 is 0 Å². The van der Waals surface area contributed by atoms with Gasteiger partial charge in [0, 0.05) is 12.1 Å². The molecule has 0 aliphatic carbocycles. The van der Waals surface area contributed by atoms with Crippen LogP contribution in [-0.2, 0) is 0 Å². The van der Waals surface area contributed by atoms with Crippen molar-refractivity contribution in [3.8, 4) is 23.1 Å². The second-order valence-electron chi connectivity index (χ2n) is 4.60. The van der Waals surface area contributed by atoms with E-state index in [9.17, 15) is 10.1 Å². The smallest absolute Gasteiger partial charge is 0.287 e. The molecule has 0 atom stereocenters. The average molecular weight is 308 g/mol. The molecule has 0 aliphatic heterocycles. The highest BCUT2D eigenvalue weighted by atomic mass is 16.6. The maximum Gasteiger partial charge on any atom is 0.287 e. The summed E-state index contributed by atoms with van der Waals surface area (Å²) in [7, 11) is 0. The summed E-state index contributed by atoms with van der Waals surface area (Å²) in [6, 6.07) is 19.3. The summed E-state index contributed by atoms with van der Waals surface area (Å²) in [6.45, 7) is 0. The predicted octanol–water partition coefficient (Wildman–Crippen LogP) is 4.57. The number of pyridine rings is 1. The van der Waals surface area contributed by atoms with Crippen LogP contribution < -0.4 is 9.47 Å². The highest BCUT2D eigenvalue weighted by Gasteiger charge is 2.06.